The Morgan fingerprint density at radius 1 is 1.19 bits per heavy atom. The van der Waals surface area contributed by atoms with Gasteiger partial charge in [0, 0.05) is 25.7 Å². The lowest BCUT2D eigenvalue weighted by Crippen LogP contribution is -2.51. The molecule has 2 fully saturated rings. The van der Waals surface area contributed by atoms with Crippen molar-refractivity contribution in [1.82, 2.24) is 9.80 Å². The minimum absolute atomic E-state index is 0.184. The number of thiophene rings is 1. The summed E-state index contributed by atoms with van der Waals surface area (Å²) in [6, 6.07) is 2.38. The maximum absolute atomic E-state index is 12.9. The number of likely N-dealkylation sites (tertiary alicyclic amines) is 2. The van der Waals surface area contributed by atoms with E-state index in [1.54, 1.807) is 11.3 Å². The molecule has 0 radical (unpaired) electrons. The maximum Gasteiger partial charge on any atom is 0.409 e. The fourth-order valence-corrected chi connectivity index (χ4v) is 4.89. The fraction of sp³-hybridized carbons (Fsp3) is 0.714. The van der Waals surface area contributed by atoms with E-state index in [9.17, 15) is 9.59 Å². The standard InChI is InChI=1S/C21H32N2O3S/c1-16(2)14-26-21(25)22-10-6-18(7-11-22)19-5-3-4-9-23(19)20(24)13-17-8-12-27-15-17/h8,12,15-16,18-19H,3-7,9-11,13-14H2,1-2H3. The number of nitrogens with zero attached hydrogens (tertiary/aromatic N) is 2. The van der Waals surface area contributed by atoms with Gasteiger partial charge in [-0.15, -0.1) is 0 Å². The predicted molar refractivity (Wildman–Crippen MR) is 108 cm³/mol. The van der Waals surface area contributed by atoms with Gasteiger partial charge in [-0.3, -0.25) is 4.79 Å². The summed E-state index contributed by atoms with van der Waals surface area (Å²) in [5.41, 5.74) is 1.12. The molecular weight excluding hydrogens is 360 g/mol. The normalized spacial score (nSPS) is 21.5. The van der Waals surface area contributed by atoms with Crippen LogP contribution < -0.4 is 0 Å². The smallest absolute Gasteiger partial charge is 0.409 e. The third-order valence-corrected chi connectivity index (χ3v) is 6.42. The molecule has 0 spiro atoms. The number of amides is 2. The highest BCUT2D eigenvalue weighted by Crippen LogP contribution is 2.31. The highest BCUT2D eigenvalue weighted by molar-refractivity contribution is 7.08. The molecule has 0 aromatic carbocycles. The quantitative estimate of drug-likeness (QED) is 0.755. The van der Waals surface area contributed by atoms with Gasteiger partial charge < -0.3 is 14.5 Å². The molecule has 0 bridgehead atoms. The predicted octanol–water partition coefficient (Wildman–Crippen LogP) is 4.18. The second-order valence-corrected chi connectivity index (χ2v) is 9.03. The highest BCUT2D eigenvalue weighted by atomic mass is 32.1. The Hall–Kier alpha value is -1.56. The van der Waals surface area contributed by atoms with Crippen LogP contribution in [-0.4, -0.2) is 54.1 Å². The fourth-order valence-electron chi connectivity index (χ4n) is 4.22. The zero-order valence-electron chi connectivity index (χ0n) is 16.6. The Morgan fingerprint density at radius 3 is 2.63 bits per heavy atom. The Kier molecular flexibility index (Phi) is 7.16. The molecule has 6 heteroatoms. The second-order valence-electron chi connectivity index (χ2n) is 8.25. The third-order valence-electron chi connectivity index (χ3n) is 5.69. The Morgan fingerprint density at radius 2 is 1.96 bits per heavy atom. The average molecular weight is 393 g/mol. The van der Waals surface area contributed by atoms with Crippen LogP contribution in [0.15, 0.2) is 16.8 Å². The van der Waals surface area contributed by atoms with Crippen molar-refractivity contribution in [2.75, 3.05) is 26.2 Å². The monoisotopic (exact) mass is 392 g/mol. The van der Waals surface area contributed by atoms with E-state index in [4.69, 9.17) is 4.74 Å². The van der Waals surface area contributed by atoms with E-state index in [1.807, 2.05) is 30.2 Å². The van der Waals surface area contributed by atoms with E-state index in [2.05, 4.69) is 10.3 Å². The number of ether oxygens (including phenoxy) is 1. The van der Waals surface area contributed by atoms with Crippen molar-refractivity contribution >= 4 is 23.3 Å². The van der Waals surface area contributed by atoms with Crippen molar-refractivity contribution in [3.63, 3.8) is 0 Å². The summed E-state index contributed by atoms with van der Waals surface area (Å²) < 4.78 is 5.37. The van der Waals surface area contributed by atoms with Crippen molar-refractivity contribution in [2.45, 2.75) is 58.4 Å². The van der Waals surface area contributed by atoms with Crippen molar-refractivity contribution in [2.24, 2.45) is 11.8 Å². The van der Waals surface area contributed by atoms with Crippen LogP contribution in [0.2, 0.25) is 0 Å². The third kappa shape index (κ3) is 5.47. The number of hydrogen-bond acceptors (Lipinski definition) is 4. The maximum atomic E-state index is 12.9. The molecular formula is C21H32N2O3S. The number of hydrogen-bond donors (Lipinski definition) is 0. The minimum atomic E-state index is -0.184. The van der Waals surface area contributed by atoms with Gasteiger partial charge in [-0.2, -0.15) is 11.3 Å². The van der Waals surface area contributed by atoms with Crippen LogP contribution in [0, 0.1) is 11.8 Å². The molecule has 5 nitrogen and oxygen atoms in total. The van der Waals surface area contributed by atoms with Gasteiger partial charge in [-0.1, -0.05) is 13.8 Å². The van der Waals surface area contributed by atoms with Gasteiger partial charge >= 0.3 is 6.09 Å². The largest absolute Gasteiger partial charge is 0.449 e. The van der Waals surface area contributed by atoms with E-state index in [0.29, 0.717) is 30.9 Å². The summed E-state index contributed by atoms with van der Waals surface area (Å²) in [5.74, 6) is 1.11. The summed E-state index contributed by atoms with van der Waals surface area (Å²) in [4.78, 5) is 29.0. The van der Waals surface area contributed by atoms with Gasteiger partial charge in [-0.05, 0) is 66.3 Å². The zero-order chi connectivity index (χ0) is 19.2. The molecule has 0 aliphatic carbocycles. The first-order valence-electron chi connectivity index (χ1n) is 10.3. The SMILES string of the molecule is CC(C)COC(=O)N1CCC(C2CCCCN2C(=O)Cc2ccsc2)CC1. The van der Waals surface area contributed by atoms with Gasteiger partial charge in [0.1, 0.15) is 0 Å². The summed E-state index contributed by atoms with van der Waals surface area (Å²) in [6.07, 6.45) is 5.65. The van der Waals surface area contributed by atoms with Crippen molar-refractivity contribution < 1.29 is 14.3 Å². The first-order valence-corrected chi connectivity index (χ1v) is 11.2. The van der Waals surface area contributed by atoms with Gasteiger partial charge in [0.25, 0.3) is 0 Å². The summed E-state index contributed by atoms with van der Waals surface area (Å²) in [7, 11) is 0. The van der Waals surface area contributed by atoms with E-state index in [0.717, 1.165) is 50.9 Å². The van der Waals surface area contributed by atoms with E-state index in [1.165, 1.54) is 6.42 Å². The molecule has 0 N–H and O–H groups in total. The molecule has 2 aliphatic rings. The highest BCUT2D eigenvalue weighted by Gasteiger charge is 2.35. The van der Waals surface area contributed by atoms with E-state index in [-0.39, 0.29) is 12.0 Å². The number of rotatable bonds is 5. The van der Waals surface area contributed by atoms with E-state index < -0.39 is 0 Å². The number of carbonyl (C=O) groups excluding carboxylic acids is 2. The summed E-state index contributed by atoms with van der Waals surface area (Å²) >= 11 is 1.65. The Balaban J connectivity index is 1.53. The molecule has 0 saturated carbocycles. The van der Waals surface area contributed by atoms with Gasteiger partial charge in [0.2, 0.25) is 5.91 Å². The lowest BCUT2D eigenvalue weighted by Gasteiger charge is -2.43. The van der Waals surface area contributed by atoms with Crippen molar-refractivity contribution in [3.05, 3.63) is 22.4 Å². The molecule has 2 amide bonds. The van der Waals surface area contributed by atoms with Crippen LogP contribution in [0.3, 0.4) is 0 Å². The summed E-state index contributed by atoms with van der Waals surface area (Å²) in [5, 5.41) is 4.10. The molecule has 2 aliphatic heterocycles. The number of carbonyl (C=O) groups is 2. The Labute approximate surface area is 166 Å². The van der Waals surface area contributed by atoms with Crippen LogP contribution in [0.4, 0.5) is 4.79 Å². The summed E-state index contributed by atoms with van der Waals surface area (Å²) in [6.45, 7) is 6.93. The van der Waals surface area contributed by atoms with E-state index >= 15 is 0 Å². The molecule has 1 aromatic heterocycles. The van der Waals surface area contributed by atoms with Crippen LogP contribution in [0.25, 0.3) is 0 Å². The van der Waals surface area contributed by atoms with Crippen molar-refractivity contribution in [3.8, 4) is 0 Å². The molecule has 1 atom stereocenters. The first kappa shape index (κ1) is 20.2. The average Bonchev–Trinajstić information content (AvgIpc) is 3.19. The zero-order valence-corrected chi connectivity index (χ0v) is 17.4. The van der Waals surface area contributed by atoms with Gasteiger partial charge in [0.15, 0.2) is 0 Å². The van der Waals surface area contributed by atoms with Gasteiger partial charge in [-0.25, -0.2) is 4.79 Å². The first-order chi connectivity index (χ1) is 13.0. The van der Waals surface area contributed by atoms with Crippen LogP contribution >= 0.6 is 11.3 Å². The number of piperidine rings is 2. The Bertz CT molecular complexity index is 609. The molecule has 1 aromatic rings. The van der Waals surface area contributed by atoms with Crippen LogP contribution in [0.1, 0.15) is 51.5 Å². The second kappa shape index (κ2) is 9.58. The molecule has 2 saturated heterocycles. The molecule has 3 heterocycles. The van der Waals surface area contributed by atoms with Crippen LogP contribution in [-0.2, 0) is 16.0 Å². The topological polar surface area (TPSA) is 49.9 Å². The van der Waals surface area contributed by atoms with Gasteiger partial charge in [0.05, 0.1) is 13.0 Å². The molecule has 150 valence electrons. The molecule has 3 rings (SSSR count). The molecule has 27 heavy (non-hydrogen) atoms. The molecule has 1 unspecified atom stereocenters. The van der Waals surface area contributed by atoms with Crippen molar-refractivity contribution in [1.29, 1.82) is 0 Å². The lowest BCUT2D eigenvalue weighted by molar-refractivity contribution is -0.136. The minimum Gasteiger partial charge on any atom is -0.449 e. The lowest BCUT2D eigenvalue weighted by atomic mass is 9.83. The van der Waals surface area contributed by atoms with Crippen LogP contribution in [0.5, 0.6) is 0 Å².